The van der Waals surface area contributed by atoms with Crippen molar-refractivity contribution < 1.29 is 14.6 Å². The van der Waals surface area contributed by atoms with Crippen molar-refractivity contribution in [2.45, 2.75) is 30.8 Å². The van der Waals surface area contributed by atoms with Crippen molar-refractivity contribution >= 4 is 5.91 Å². The van der Waals surface area contributed by atoms with E-state index < -0.39 is 0 Å². The predicted octanol–water partition coefficient (Wildman–Crippen LogP) is 3.10. The fraction of sp³-hybridized carbons (Fsp3) is 0.435. The summed E-state index contributed by atoms with van der Waals surface area (Å²) in [6.07, 6.45) is 2.33. The summed E-state index contributed by atoms with van der Waals surface area (Å²) in [7, 11) is 1.69. The smallest absolute Gasteiger partial charge is 0.254 e. The number of ether oxygens (including phenoxy) is 1. The zero-order valence-electron chi connectivity index (χ0n) is 16.1. The van der Waals surface area contributed by atoms with Crippen LogP contribution in [-0.2, 0) is 0 Å². The molecule has 2 bridgehead atoms. The molecule has 0 radical (unpaired) electrons. The number of fused-ring (bicyclic) bond motifs is 2. The number of phenols is 1. The second-order valence-corrected chi connectivity index (χ2v) is 8.25. The highest BCUT2D eigenvalue weighted by Gasteiger charge is 2.54. The van der Waals surface area contributed by atoms with Crippen molar-refractivity contribution in [2.24, 2.45) is 5.92 Å². The first-order chi connectivity index (χ1) is 13.7. The van der Waals surface area contributed by atoms with Gasteiger partial charge in [0, 0.05) is 24.1 Å². The third-order valence-corrected chi connectivity index (χ3v) is 6.87. The maximum atomic E-state index is 13.4. The molecule has 4 saturated heterocycles. The van der Waals surface area contributed by atoms with Gasteiger partial charge in [0.2, 0.25) is 0 Å². The lowest BCUT2D eigenvalue weighted by Crippen LogP contribution is -2.60. The average Bonchev–Trinajstić information content (AvgIpc) is 3.17. The Morgan fingerprint density at radius 1 is 1.07 bits per heavy atom. The van der Waals surface area contributed by atoms with Crippen LogP contribution in [0.2, 0.25) is 0 Å². The topological polar surface area (TPSA) is 53.0 Å². The number of benzene rings is 2. The Balaban J connectivity index is 1.53. The first kappa shape index (κ1) is 17.6. The van der Waals surface area contributed by atoms with Crippen molar-refractivity contribution in [1.29, 1.82) is 0 Å². The molecule has 4 aliphatic rings. The van der Waals surface area contributed by atoms with Crippen LogP contribution in [-0.4, -0.2) is 59.6 Å². The molecule has 6 rings (SSSR count). The fourth-order valence-corrected chi connectivity index (χ4v) is 5.62. The number of amides is 1. The highest BCUT2D eigenvalue weighted by Crippen LogP contribution is 2.47. The Bertz CT molecular complexity index is 891. The number of hydrogen-bond donors (Lipinski definition) is 1. The Hall–Kier alpha value is -2.53. The van der Waals surface area contributed by atoms with Gasteiger partial charge < -0.3 is 14.7 Å². The van der Waals surface area contributed by atoms with E-state index in [0.717, 1.165) is 31.7 Å². The van der Waals surface area contributed by atoms with Crippen LogP contribution in [0.4, 0.5) is 0 Å². The average molecular weight is 378 g/mol. The Morgan fingerprint density at radius 2 is 1.86 bits per heavy atom. The van der Waals surface area contributed by atoms with Crippen LogP contribution in [0.3, 0.4) is 0 Å². The third-order valence-electron chi connectivity index (χ3n) is 6.87. The zero-order chi connectivity index (χ0) is 19.3. The Kier molecular flexibility index (Phi) is 4.27. The number of carbonyl (C=O) groups excluding carboxylic acids is 1. The van der Waals surface area contributed by atoms with Crippen molar-refractivity contribution in [3.8, 4) is 11.5 Å². The van der Waals surface area contributed by atoms with Gasteiger partial charge in [-0.3, -0.25) is 9.69 Å². The minimum Gasteiger partial charge on any atom is -0.508 e. The van der Waals surface area contributed by atoms with Gasteiger partial charge in [-0.05, 0) is 67.7 Å². The molecule has 0 unspecified atom stereocenters. The SMILES string of the molecule is COc1cccc([C@H]2CN(C(=O)c3cccc(O)c3)[C@@H]3C4CCN(CC4)[C@H]23)c1. The summed E-state index contributed by atoms with van der Waals surface area (Å²) in [4.78, 5) is 18.1. The van der Waals surface area contributed by atoms with E-state index in [2.05, 4.69) is 21.9 Å². The van der Waals surface area contributed by atoms with E-state index in [4.69, 9.17) is 4.74 Å². The molecule has 5 heteroatoms. The molecule has 1 N–H and O–H groups in total. The summed E-state index contributed by atoms with van der Waals surface area (Å²) >= 11 is 0. The van der Waals surface area contributed by atoms with E-state index in [0.29, 0.717) is 24.1 Å². The molecule has 146 valence electrons. The van der Waals surface area contributed by atoms with Crippen LogP contribution in [0.1, 0.15) is 34.7 Å². The van der Waals surface area contributed by atoms with Crippen molar-refractivity contribution in [2.75, 3.05) is 26.7 Å². The first-order valence-electron chi connectivity index (χ1n) is 10.1. The summed E-state index contributed by atoms with van der Waals surface area (Å²) in [6.45, 7) is 2.96. The molecule has 0 aromatic heterocycles. The predicted molar refractivity (Wildman–Crippen MR) is 107 cm³/mol. The number of rotatable bonds is 3. The van der Waals surface area contributed by atoms with E-state index in [9.17, 15) is 9.90 Å². The molecule has 0 aliphatic carbocycles. The molecule has 4 aliphatic heterocycles. The molecule has 5 nitrogen and oxygen atoms in total. The monoisotopic (exact) mass is 378 g/mol. The molecular formula is C23H26N2O3. The van der Waals surface area contributed by atoms with Gasteiger partial charge in [-0.2, -0.15) is 0 Å². The van der Waals surface area contributed by atoms with E-state index in [1.807, 2.05) is 12.1 Å². The molecule has 2 aromatic rings. The van der Waals surface area contributed by atoms with Crippen LogP contribution in [0.25, 0.3) is 0 Å². The standard InChI is InChI=1S/C23H26N2O3/c1-28-19-7-3-4-16(13-19)20-14-25(23(27)17-5-2-6-18(26)12-17)21-15-8-10-24(11-9-15)22(20)21/h2-7,12-13,15,20-22,26H,8-11,14H2,1H3/t20-,21-,22-/m1/s1. The van der Waals surface area contributed by atoms with Gasteiger partial charge in [-0.1, -0.05) is 18.2 Å². The van der Waals surface area contributed by atoms with Gasteiger partial charge in [-0.25, -0.2) is 0 Å². The molecule has 1 amide bonds. The maximum absolute atomic E-state index is 13.4. The number of likely N-dealkylation sites (tertiary alicyclic amines) is 1. The molecule has 3 atom stereocenters. The van der Waals surface area contributed by atoms with Crippen LogP contribution in [0.5, 0.6) is 11.5 Å². The van der Waals surface area contributed by atoms with Gasteiger partial charge in [0.25, 0.3) is 5.91 Å². The van der Waals surface area contributed by atoms with E-state index >= 15 is 0 Å². The minimum absolute atomic E-state index is 0.0325. The van der Waals surface area contributed by atoms with Gasteiger partial charge in [0.15, 0.2) is 0 Å². The van der Waals surface area contributed by atoms with Gasteiger partial charge in [-0.15, -0.1) is 0 Å². The molecule has 4 heterocycles. The molecule has 28 heavy (non-hydrogen) atoms. The highest BCUT2D eigenvalue weighted by atomic mass is 16.5. The zero-order valence-corrected chi connectivity index (χ0v) is 16.1. The molecule has 4 fully saturated rings. The summed E-state index contributed by atoms with van der Waals surface area (Å²) in [5.74, 6) is 1.88. The number of phenolic OH excluding ortho intramolecular Hbond substituents is 1. The minimum atomic E-state index is 0.0325. The normalized spacial score (nSPS) is 30.9. The number of piperidine rings is 3. The molecule has 0 spiro atoms. The molecule has 0 saturated carbocycles. The third kappa shape index (κ3) is 2.76. The first-order valence-corrected chi connectivity index (χ1v) is 10.1. The summed E-state index contributed by atoms with van der Waals surface area (Å²) < 4.78 is 5.45. The fourth-order valence-electron chi connectivity index (χ4n) is 5.62. The number of nitrogens with zero attached hydrogens (tertiary/aromatic N) is 2. The summed E-state index contributed by atoms with van der Waals surface area (Å²) in [5, 5.41) is 9.84. The van der Waals surface area contributed by atoms with Crippen molar-refractivity contribution in [3.63, 3.8) is 0 Å². The summed E-state index contributed by atoms with van der Waals surface area (Å²) in [6, 6.07) is 15.6. The van der Waals surface area contributed by atoms with Crippen molar-refractivity contribution in [3.05, 3.63) is 59.7 Å². The molecular weight excluding hydrogens is 352 g/mol. The number of hydrogen-bond acceptors (Lipinski definition) is 4. The second kappa shape index (κ2) is 6.82. The number of methoxy groups -OCH3 is 1. The van der Waals surface area contributed by atoms with Crippen LogP contribution in [0, 0.1) is 5.92 Å². The van der Waals surface area contributed by atoms with Gasteiger partial charge >= 0.3 is 0 Å². The van der Waals surface area contributed by atoms with Crippen molar-refractivity contribution in [1.82, 2.24) is 9.80 Å². The lowest BCUT2D eigenvalue weighted by molar-refractivity contribution is -0.00342. The van der Waals surface area contributed by atoms with Gasteiger partial charge in [0.1, 0.15) is 11.5 Å². The highest BCUT2D eigenvalue weighted by molar-refractivity contribution is 5.95. The number of carbonyl (C=O) groups is 1. The molecule has 2 aromatic carbocycles. The lowest BCUT2D eigenvalue weighted by Gasteiger charge is -2.51. The largest absolute Gasteiger partial charge is 0.508 e. The lowest BCUT2D eigenvalue weighted by atomic mass is 9.75. The van der Waals surface area contributed by atoms with Gasteiger partial charge in [0.05, 0.1) is 13.2 Å². The number of aromatic hydroxyl groups is 1. The van der Waals surface area contributed by atoms with Crippen LogP contribution < -0.4 is 4.74 Å². The van der Waals surface area contributed by atoms with Crippen LogP contribution >= 0.6 is 0 Å². The van der Waals surface area contributed by atoms with E-state index in [1.165, 1.54) is 5.56 Å². The summed E-state index contributed by atoms with van der Waals surface area (Å²) in [5.41, 5.74) is 1.81. The second-order valence-electron chi connectivity index (χ2n) is 8.25. The Morgan fingerprint density at radius 3 is 2.61 bits per heavy atom. The van der Waals surface area contributed by atoms with E-state index in [1.54, 1.807) is 31.4 Å². The maximum Gasteiger partial charge on any atom is 0.254 e. The van der Waals surface area contributed by atoms with E-state index in [-0.39, 0.29) is 23.6 Å². The Labute approximate surface area is 165 Å². The quantitative estimate of drug-likeness (QED) is 0.892. The van der Waals surface area contributed by atoms with Crippen LogP contribution in [0.15, 0.2) is 48.5 Å².